The van der Waals surface area contributed by atoms with Crippen molar-refractivity contribution >= 4 is 12.0 Å². The molecule has 3 heteroatoms. The topological polar surface area (TPSA) is 52.9 Å². The summed E-state index contributed by atoms with van der Waals surface area (Å²) in [5.74, 6) is -0.361. The minimum Gasteiger partial charge on any atom is -0.347 e. The molecule has 0 aliphatic heterocycles. The molecule has 0 radical (unpaired) electrons. The van der Waals surface area contributed by atoms with E-state index in [0.29, 0.717) is 6.54 Å². The molecule has 20 heavy (non-hydrogen) atoms. The molecule has 2 aromatic rings. The third-order valence-corrected chi connectivity index (χ3v) is 2.77. The summed E-state index contributed by atoms with van der Waals surface area (Å²) in [7, 11) is 0. The summed E-state index contributed by atoms with van der Waals surface area (Å²) in [6.07, 6.45) is 1.58. The highest BCUT2D eigenvalue weighted by atomic mass is 16.1. The zero-order valence-corrected chi connectivity index (χ0v) is 10.9. The van der Waals surface area contributed by atoms with Gasteiger partial charge in [-0.05, 0) is 17.2 Å². The summed E-state index contributed by atoms with van der Waals surface area (Å²) >= 11 is 0. The molecule has 3 nitrogen and oxygen atoms in total. The lowest BCUT2D eigenvalue weighted by molar-refractivity contribution is -0.117. The average molecular weight is 262 g/mol. The first-order chi connectivity index (χ1) is 9.79. The highest BCUT2D eigenvalue weighted by Crippen LogP contribution is 2.06. The number of nitrogens with one attached hydrogen (secondary N) is 1. The molecule has 0 aliphatic rings. The van der Waals surface area contributed by atoms with Crippen molar-refractivity contribution in [1.29, 1.82) is 5.26 Å². The maximum Gasteiger partial charge on any atom is 0.262 e. The van der Waals surface area contributed by atoms with Crippen LogP contribution in [0.5, 0.6) is 0 Å². The summed E-state index contributed by atoms with van der Waals surface area (Å²) in [6, 6.07) is 20.8. The fourth-order valence-electron chi connectivity index (χ4n) is 1.74. The highest BCUT2D eigenvalue weighted by Gasteiger charge is 2.08. The number of benzene rings is 2. The Morgan fingerprint density at radius 2 is 1.65 bits per heavy atom. The van der Waals surface area contributed by atoms with Crippen LogP contribution in [0.2, 0.25) is 0 Å². The van der Waals surface area contributed by atoms with Crippen LogP contribution in [-0.2, 0) is 11.3 Å². The van der Waals surface area contributed by atoms with E-state index >= 15 is 0 Å². The van der Waals surface area contributed by atoms with E-state index in [1.165, 1.54) is 0 Å². The van der Waals surface area contributed by atoms with Crippen molar-refractivity contribution in [3.8, 4) is 6.07 Å². The number of hydrogen-bond acceptors (Lipinski definition) is 2. The molecular weight excluding hydrogens is 248 g/mol. The van der Waals surface area contributed by atoms with Gasteiger partial charge >= 0.3 is 0 Å². The Hall–Kier alpha value is -2.86. The molecule has 0 heterocycles. The molecule has 0 saturated carbocycles. The van der Waals surface area contributed by atoms with Crippen molar-refractivity contribution in [3.05, 3.63) is 77.4 Å². The molecule has 0 aliphatic carbocycles. The summed E-state index contributed by atoms with van der Waals surface area (Å²) in [5.41, 5.74) is 1.93. The van der Waals surface area contributed by atoms with Gasteiger partial charge in [0.2, 0.25) is 0 Å². The van der Waals surface area contributed by atoms with Crippen molar-refractivity contribution in [2.45, 2.75) is 6.54 Å². The number of rotatable bonds is 4. The van der Waals surface area contributed by atoms with E-state index < -0.39 is 0 Å². The van der Waals surface area contributed by atoms with Crippen LogP contribution in [0.3, 0.4) is 0 Å². The highest BCUT2D eigenvalue weighted by molar-refractivity contribution is 6.01. The van der Waals surface area contributed by atoms with Gasteiger partial charge in [0.15, 0.2) is 0 Å². The monoisotopic (exact) mass is 262 g/mol. The number of carbonyl (C=O) groups is 1. The van der Waals surface area contributed by atoms with Crippen molar-refractivity contribution in [3.63, 3.8) is 0 Å². The van der Waals surface area contributed by atoms with E-state index in [1.807, 2.05) is 66.7 Å². The van der Waals surface area contributed by atoms with Gasteiger partial charge in [-0.25, -0.2) is 0 Å². The first kappa shape index (κ1) is 13.6. The van der Waals surface area contributed by atoms with Gasteiger partial charge in [-0.1, -0.05) is 60.7 Å². The molecule has 0 fully saturated rings. The van der Waals surface area contributed by atoms with E-state index in [4.69, 9.17) is 5.26 Å². The number of hydrogen-bond donors (Lipinski definition) is 1. The van der Waals surface area contributed by atoms with Gasteiger partial charge in [0.25, 0.3) is 5.91 Å². The van der Waals surface area contributed by atoms with Gasteiger partial charge in [-0.15, -0.1) is 0 Å². The van der Waals surface area contributed by atoms with Gasteiger partial charge in [-0.3, -0.25) is 4.79 Å². The third kappa shape index (κ3) is 3.82. The molecule has 2 aromatic carbocycles. The van der Waals surface area contributed by atoms with Gasteiger partial charge in [0.05, 0.1) is 0 Å². The van der Waals surface area contributed by atoms with E-state index in [-0.39, 0.29) is 11.5 Å². The molecule has 0 spiro atoms. The fraction of sp³-hybridized carbons (Fsp3) is 0.0588. The van der Waals surface area contributed by atoms with Crippen LogP contribution in [0.15, 0.2) is 66.2 Å². The molecule has 0 aromatic heterocycles. The SMILES string of the molecule is N#C/C(=C\c1ccccc1)C(=O)NCc1ccccc1. The van der Waals surface area contributed by atoms with Gasteiger partial charge in [-0.2, -0.15) is 5.26 Å². The van der Waals surface area contributed by atoms with Crippen molar-refractivity contribution < 1.29 is 4.79 Å². The smallest absolute Gasteiger partial charge is 0.262 e. The third-order valence-electron chi connectivity index (χ3n) is 2.77. The maximum absolute atomic E-state index is 12.0. The van der Waals surface area contributed by atoms with E-state index in [9.17, 15) is 4.79 Å². The first-order valence-corrected chi connectivity index (χ1v) is 6.28. The second-order valence-electron chi connectivity index (χ2n) is 4.25. The molecule has 1 amide bonds. The van der Waals surface area contributed by atoms with Gasteiger partial charge < -0.3 is 5.32 Å². The lowest BCUT2D eigenvalue weighted by atomic mass is 10.1. The summed E-state index contributed by atoms with van der Waals surface area (Å²) in [5, 5.41) is 11.8. The molecule has 0 bridgehead atoms. The minimum atomic E-state index is -0.361. The molecule has 98 valence electrons. The van der Waals surface area contributed by atoms with Crippen LogP contribution < -0.4 is 5.32 Å². The van der Waals surface area contributed by atoms with Crippen LogP contribution in [0.1, 0.15) is 11.1 Å². The standard InChI is InChI=1S/C17H14N2O/c18-12-16(11-14-7-3-1-4-8-14)17(20)19-13-15-9-5-2-6-10-15/h1-11H,13H2,(H,19,20)/b16-11+. The number of carbonyl (C=O) groups excluding carboxylic acids is 1. The summed E-state index contributed by atoms with van der Waals surface area (Å²) in [4.78, 5) is 12.0. The Kier molecular flexibility index (Phi) is 4.69. The zero-order valence-electron chi connectivity index (χ0n) is 10.9. The molecule has 0 unspecified atom stereocenters. The average Bonchev–Trinajstić information content (AvgIpc) is 2.52. The van der Waals surface area contributed by atoms with Crippen molar-refractivity contribution in [2.75, 3.05) is 0 Å². The Morgan fingerprint density at radius 1 is 1.05 bits per heavy atom. The van der Waals surface area contributed by atoms with Crippen LogP contribution in [0.25, 0.3) is 6.08 Å². The maximum atomic E-state index is 12.0. The molecule has 0 atom stereocenters. The van der Waals surface area contributed by atoms with Crippen LogP contribution in [0, 0.1) is 11.3 Å². The minimum absolute atomic E-state index is 0.104. The summed E-state index contributed by atoms with van der Waals surface area (Å²) in [6.45, 7) is 0.410. The Balaban J connectivity index is 2.03. The second-order valence-corrected chi connectivity index (χ2v) is 4.25. The quantitative estimate of drug-likeness (QED) is 0.680. The fourth-order valence-corrected chi connectivity index (χ4v) is 1.74. The van der Waals surface area contributed by atoms with E-state index in [2.05, 4.69) is 5.32 Å². The Morgan fingerprint density at radius 3 is 2.25 bits per heavy atom. The van der Waals surface area contributed by atoms with Crippen molar-refractivity contribution in [2.24, 2.45) is 0 Å². The molecule has 0 saturated heterocycles. The zero-order chi connectivity index (χ0) is 14.2. The number of amides is 1. The van der Waals surface area contributed by atoms with Crippen LogP contribution >= 0.6 is 0 Å². The van der Waals surface area contributed by atoms with Crippen molar-refractivity contribution in [1.82, 2.24) is 5.32 Å². The Labute approximate surface area is 118 Å². The van der Waals surface area contributed by atoms with E-state index in [0.717, 1.165) is 11.1 Å². The van der Waals surface area contributed by atoms with Crippen LogP contribution in [-0.4, -0.2) is 5.91 Å². The lowest BCUT2D eigenvalue weighted by Gasteiger charge is -2.04. The number of nitrogens with zero attached hydrogens (tertiary/aromatic N) is 1. The summed E-state index contributed by atoms with van der Waals surface area (Å²) < 4.78 is 0. The predicted octanol–water partition coefficient (Wildman–Crippen LogP) is 2.91. The molecule has 2 rings (SSSR count). The largest absolute Gasteiger partial charge is 0.347 e. The lowest BCUT2D eigenvalue weighted by Crippen LogP contribution is -2.23. The Bertz CT molecular complexity index is 640. The molecule has 1 N–H and O–H groups in total. The normalized spacial score (nSPS) is 10.7. The van der Waals surface area contributed by atoms with Gasteiger partial charge in [0, 0.05) is 6.54 Å². The van der Waals surface area contributed by atoms with Gasteiger partial charge in [0.1, 0.15) is 11.6 Å². The number of nitriles is 1. The molecular formula is C17H14N2O. The predicted molar refractivity (Wildman–Crippen MR) is 78.3 cm³/mol. The van der Waals surface area contributed by atoms with Crippen LogP contribution in [0.4, 0.5) is 0 Å². The second kappa shape index (κ2) is 6.91. The van der Waals surface area contributed by atoms with E-state index in [1.54, 1.807) is 6.08 Å². The first-order valence-electron chi connectivity index (χ1n) is 6.28.